The molecule has 0 aromatic rings. The van der Waals surface area contributed by atoms with Crippen molar-refractivity contribution in [2.24, 2.45) is 11.8 Å². The van der Waals surface area contributed by atoms with E-state index in [9.17, 15) is 20.3 Å². The summed E-state index contributed by atoms with van der Waals surface area (Å²) in [7, 11) is 0. The van der Waals surface area contributed by atoms with Gasteiger partial charge in [0.05, 0.1) is 24.9 Å². The van der Waals surface area contributed by atoms with E-state index in [0.717, 1.165) is 12.8 Å². The summed E-state index contributed by atoms with van der Waals surface area (Å²) in [4.78, 5) is 10.5. The lowest BCUT2D eigenvalue weighted by Crippen LogP contribution is -2.49. The van der Waals surface area contributed by atoms with Gasteiger partial charge in [-0.05, 0) is 31.3 Å². The zero-order valence-corrected chi connectivity index (χ0v) is 12.4. The third-order valence-electron chi connectivity index (χ3n) is 4.83. The summed E-state index contributed by atoms with van der Waals surface area (Å²) in [6.07, 6.45) is 5.17. The molecule has 2 fully saturated rings. The molecule has 6 atom stereocenters. The lowest BCUT2D eigenvalue weighted by molar-refractivity contribution is -0.511. The van der Waals surface area contributed by atoms with Crippen LogP contribution >= 0.6 is 0 Å². The van der Waals surface area contributed by atoms with E-state index in [1.165, 1.54) is 0 Å². The number of aliphatic hydroxyl groups is 2. The van der Waals surface area contributed by atoms with Gasteiger partial charge in [-0.2, -0.15) is 0 Å². The SMILES string of the molecule is O=[N+]([O-])[C@@H]1C=C[C@H](O[C@@H]2O[C@H](CO)C[C@H](O)C2C2CC2)CC1. The predicted octanol–water partition coefficient (Wildman–Crippen LogP) is 0.861. The van der Waals surface area contributed by atoms with Crippen molar-refractivity contribution in [2.45, 2.75) is 62.7 Å². The Hall–Kier alpha value is -1.02. The van der Waals surface area contributed by atoms with Crippen LogP contribution in [0.15, 0.2) is 12.2 Å². The second-order valence-corrected chi connectivity index (χ2v) is 6.52. The average Bonchev–Trinajstić information content (AvgIpc) is 3.32. The highest BCUT2D eigenvalue weighted by Gasteiger charge is 2.47. The Labute approximate surface area is 129 Å². The fraction of sp³-hybridized carbons (Fsp3) is 0.867. The van der Waals surface area contributed by atoms with Gasteiger partial charge in [-0.1, -0.05) is 6.08 Å². The number of hydrogen-bond acceptors (Lipinski definition) is 6. The fourth-order valence-corrected chi connectivity index (χ4v) is 3.44. The van der Waals surface area contributed by atoms with Crippen LogP contribution in [0.2, 0.25) is 0 Å². The van der Waals surface area contributed by atoms with Crippen LogP contribution in [0.25, 0.3) is 0 Å². The van der Waals surface area contributed by atoms with Crippen LogP contribution in [0.4, 0.5) is 0 Å². The number of nitro groups is 1. The van der Waals surface area contributed by atoms with Gasteiger partial charge in [0.1, 0.15) is 0 Å². The molecule has 1 unspecified atom stereocenters. The van der Waals surface area contributed by atoms with E-state index in [4.69, 9.17) is 9.47 Å². The maximum Gasteiger partial charge on any atom is 0.231 e. The van der Waals surface area contributed by atoms with Gasteiger partial charge in [0.15, 0.2) is 6.29 Å². The average molecular weight is 313 g/mol. The molecule has 1 heterocycles. The van der Waals surface area contributed by atoms with Crippen LogP contribution in [-0.2, 0) is 9.47 Å². The molecule has 0 aromatic carbocycles. The van der Waals surface area contributed by atoms with E-state index in [0.29, 0.717) is 25.2 Å². The standard InChI is InChI=1S/C15H23NO6/c17-8-12-7-13(18)14(9-1-2-9)15(22-12)21-11-5-3-10(4-6-11)16(19)20/h3,5,9-15,17-18H,1-2,4,6-8H2/t10-,11+,12+,13+,14?,15-/m1/s1. The van der Waals surface area contributed by atoms with Crippen molar-refractivity contribution in [3.05, 3.63) is 22.3 Å². The zero-order valence-electron chi connectivity index (χ0n) is 12.4. The first-order chi connectivity index (χ1) is 10.6. The fourth-order valence-electron chi connectivity index (χ4n) is 3.44. The molecule has 2 aliphatic carbocycles. The highest BCUT2D eigenvalue weighted by Crippen LogP contribution is 2.45. The molecule has 124 valence electrons. The van der Waals surface area contributed by atoms with Crippen LogP contribution in [0, 0.1) is 22.0 Å². The minimum Gasteiger partial charge on any atom is -0.394 e. The van der Waals surface area contributed by atoms with Crippen LogP contribution < -0.4 is 0 Å². The van der Waals surface area contributed by atoms with Gasteiger partial charge in [-0.15, -0.1) is 0 Å². The third-order valence-corrected chi connectivity index (χ3v) is 4.83. The van der Waals surface area contributed by atoms with Crippen molar-refractivity contribution in [1.82, 2.24) is 0 Å². The molecule has 0 spiro atoms. The second-order valence-electron chi connectivity index (χ2n) is 6.52. The van der Waals surface area contributed by atoms with Gasteiger partial charge in [0, 0.05) is 23.7 Å². The molecule has 1 aliphatic heterocycles. The molecule has 22 heavy (non-hydrogen) atoms. The number of nitrogens with zero attached hydrogens (tertiary/aromatic N) is 1. The van der Waals surface area contributed by atoms with E-state index in [1.807, 2.05) is 0 Å². The monoisotopic (exact) mass is 313 g/mol. The minimum atomic E-state index is -0.637. The van der Waals surface area contributed by atoms with Crippen LogP contribution in [0.3, 0.4) is 0 Å². The third kappa shape index (κ3) is 3.48. The van der Waals surface area contributed by atoms with Crippen LogP contribution in [-0.4, -0.2) is 52.4 Å². The molecular formula is C15H23NO6. The summed E-state index contributed by atoms with van der Waals surface area (Å²) in [5.74, 6) is 0.350. The van der Waals surface area contributed by atoms with Crippen molar-refractivity contribution < 1.29 is 24.6 Å². The van der Waals surface area contributed by atoms with E-state index in [2.05, 4.69) is 0 Å². The molecule has 7 nitrogen and oxygen atoms in total. The lowest BCUT2D eigenvalue weighted by Gasteiger charge is -2.40. The minimum absolute atomic E-state index is 0.0653. The Morgan fingerprint density at radius 2 is 2.05 bits per heavy atom. The Morgan fingerprint density at radius 3 is 2.59 bits per heavy atom. The van der Waals surface area contributed by atoms with Gasteiger partial charge in [-0.3, -0.25) is 10.1 Å². The van der Waals surface area contributed by atoms with Crippen molar-refractivity contribution in [1.29, 1.82) is 0 Å². The van der Waals surface area contributed by atoms with Crippen molar-refractivity contribution >= 4 is 0 Å². The summed E-state index contributed by atoms with van der Waals surface area (Å²) in [5, 5.41) is 30.4. The van der Waals surface area contributed by atoms with Gasteiger partial charge < -0.3 is 19.7 Å². The van der Waals surface area contributed by atoms with Gasteiger partial charge in [0.2, 0.25) is 6.04 Å². The number of ether oxygens (including phenoxy) is 2. The van der Waals surface area contributed by atoms with E-state index >= 15 is 0 Å². The molecule has 1 saturated carbocycles. The first-order valence-electron chi connectivity index (χ1n) is 8.00. The quantitative estimate of drug-likeness (QED) is 0.443. The molecule has 0 bridgehead atoms. The van der Waals surface area contributed by atoms with Gasteiger partial charge >= 0.3 is 0 Å². The number of hydrogen-bond donors (Lipinski definition) is 2. The van der Waals surface area contributed by atoms with Crippen LogP contribution in [0.5, 0.6) is 0 Å². The van der Waals surface area contributed by atoms with E-state index in [1.54, 1.807) is 12.2 Å². The summed E-state index contributed by atoms with van der Waals surface area (Å²) < 4.78 is 11.8. The van der Waals surface area contributed by atoms with Gasteiger partial charge in [-0.25, -0.2) is 0 Å². The molecule has 3 aliphatic rings. The summed E-state index contributed by atoms with van der Waals surface area (Å²) >= 11 is 0. The smallest absolute Gasteiger partial charge is 0.231 e. The largest absolute Gasteiger partial charge is 0.394 e. The number of aliphatic hydroxyl groups excluding tert-OH is 2. The Morgan fingerprint density at radius 1 is 1.27 bits per heavy atom. The lowest BCUT2D eigenvalue weighted by atomic mass is 9.89. The van der Waals surface area contributed by atoms with Crippen LogP contribution in [0.1, 0.15) is 32.1 Å². The molecule has 0 amide bonds. The predicted molar refractivity (Wildman–Crippen MR) is 76.6 cm³/mol. The van der Waals surface area contributed by atoms with Crippen molar-refractivity contribution in [2.75, 3.05) is 6.61 Å². The van der Waals surface area contributed by atoms with Crippen molar-refractivity contribution in [3.8, 4) is 0 Å². The summed E-state index contributed by atoms with van der Waals surface area (Å²) in [6.45, 7) is -0.141. The first-order valence-corrected chi connectivity index (χ1v) is 8.00. The maximum atomic E-state index is 10.8. The highest BCUT2D eigenvalue weighted by atomic mass is 16.7. The molecule has 2 N–H and O–H groups in total. The first kappa shape index (κ1) is 15.9. The summed E-state index contributed by atoms with van der Waals surface area (Å²) in [6, 6.07) is -0.637. The highest BCUT2D eigenvalue weighted by molar-refractivity contribution is 5.01. The zero-order chi connectivity index (χ0) is 15.7. The molecule has 7 heteroatoms. The van der Waals surface area contributed by atoms with E-state index < -0.39 is 24.5 Å². The van der Waals surface area contributed by atoms with E-state index in [-0.39, 0.29) is 23.6 Å². The molecule has 0 radical (unpaired) electrons. The molecule has 1 saturated heterocycles. The Bertz CT molecular complexity index is 438. The molecular weight excluding hydrogens is 290 g/mol. The normalized spacial score (nSPS) is 42.3. The van der Waals surface area contributed by atoms with Gasteiger partial charge in [0.25, 0.3) is 0 Å². The maximum absolute atomic E-state index is 10.8. The number of rotatable bonds is 5. The summed E-state index contributed by atoms with van der Waals surface area (Å²) in [5.41, 5.74) is 0. The van der Waals surface area contributed by atoms with Crippen molar-refractivity contribution in [3.63, 3.8) is 0 Å². The molecule has 0 aromatic heterocycles. The Kier molecular flexibility index (Phi) is 4.77. The topological polar surface area (TPSA) is 102 Å². The molecule has 3 rings (SSSR count). The Balaban J connectivity index is 1.63. The second kappa shape index (κ2) is 6.62.